The van der Waals surface area contributed by atoms with E-state index in [4.69, 9.17) is 5.73 Å². The average molecular weight is 252 g/mol. The van der Waals surface area contributed by atoms with Crippen molar-refractivity contribution < 1.29 is 0 Å². The predicted octanol–water partition coefficient (Wildman–Crippen LogP) is 0.648. The normalized spacial score (nSPS) is 17.9. The van der Waals surface area contributed by atoms with Gasteiger partial charge in [0, 0.05) is 13.6 Å². The van der Waals surface area contributed by atoms with Crippen LogP contribution in [0.5, 0.6) is 0 Å². The molecule has 1 aromatic heterocycles. The van der Waals surface area contributed by atoms with Gasteiger partial charge in [0.25, 0.3) is 5.56 Å². The van der Waals surface area contributed by atoms with E-state index in [0.29, 0.717) is 12.2 Å². The topological polar surface area (TPSA) is 92.9 Å². The number of rotatable bonds is 3. The zero-order valence-electron chi connectivity index (χ0n) is 10.9. The molecule has 0 spiro atoms. The third kappa shape index (κ3) is 2.27. The summed E-state index contributed by atoms with van der Waals surface area (Å²) in [6.45, 7) is 2.91. The maximum atomic E-state index is 11.7. The number of nitrogens with zero attached hydrogens (tertiary/aromatic N) is 1. The summed E-state index contributed by atoms with van der Waals surface area (Å²) in [5.74, 6) is 0.186. The van der Waals surface area contributed by atoms with E-state index in [9.17, 15) is 9.59 Å². The van der Waals surface area contributed by atoms with Crippen molar-refractivity contribution in [3.8, 4) is 0 Å². The van der Waals surface area contributed by atoms with E-state index in [2.05, 4.69) is 17.2 Å². The van der Waals surface area contributed by atoms with Crippen molar-refractivity contribution in [2.45, 2.75) is 32.6 Å². The van der Waals surface area contributed by atoms with Crippen LogP contribution in [-0.2, 0) is 7.05 Å². The number of aromatic amines is 1. The molecule has 0 saturated heterocycles. The fourth-order valence-electron chi connectivity index (χ4n) is 2.51. The van der Waals surface area contributed by atoms with Crippen molar-refractivity contribution in [1.82, 2.24) is 9.55 Å². The predicted molar refractivity (Wildman–Crippen MR) is 71.8 cm³/mol. The monoisotopic (exact) mass is 252 g/mol. The molecular weight excluding hydrogens is 232 g/mol. The molecule has 1 aromatic rings. The summed E-state index contributed by atoms with van der Waals surface area (Å²) in [5, 5.41) is 3.10. The molecule has 1 saturated carbocycles. The Morgan fingerprint density at radius 1 is 1.39 bits per heavy atom. The third-order valence-corrected chi connectivity index (χ3v) is 3.87. The van der Waals surface area contributed by atoms with Gasteiger partial charge in [-0.15, -0.1) is 0 Å². The lowest BCUT2D eigenvalue weighted by molar-refractivity contribution is 0.362. The summed E-state index contributed by atoms with van der Waals surface area (Å²) < 4.78 is 1.24. The molecule has 1 heterocycles. The van der Waals surface area contributed by atoms with Crippen molar-refractivity contribution in [2.75, 3.05) is 17.6 Å². The Hall–Kier alpha value is -1.72. The molecule has 0 bridgehead atoms. The summed E-state index contributed by atoms with van der Waals surface area (Å²) in [6, 6.07) is 0. The van der Waals surface area contributed by atoms with Crippen LogP contribution in [0.3, 0.4) is 0 Å². The number of H-pyrrole nitrogens is 1. The molecule has 1 aliphatic rings. The molecule has 0 aliphatic heterocycles. The summed E-state index contributed by atoms with van der Waals surface area (Å²) in [4.78, 5) is 25.3. The van der Waals surface area contributed by atoms with E-state index in [-0.39, 0.29) is 11.2 Å². The molecule has 18 heavy (non-hydrogen) atoms. The second-order valence-corrected chi connectivity index (χ2v) is 5.45. The molecule has 1 fully saturated rings. The minimum absolute atomic E-state index is 0.186. The number of nitrogens with one attached hydrogen (secondary N) is 2. The molecule has 6 heteroatoms. The highest BCUT2D eigenvalue weighted by molar-refractivity contribution is 5.60. The molecule has 6 nitrogen and oxygen atoms in total. The number of nitrogens with two attached hydrogens (primary N) is 1. The van der Waals surface area contributed by atoms with Crippen LogP contribution in [-0.4, -0.2) is 16.1 Å². The molecule has 0 radical (unpaired) electrons. The Kier molecular flexibility index (Phi) is 3.19. The number of anilines is 2. The van der Waals surface area contributed by atoms with Gasteiger partial charge in [-0.3, -0.25) is 14.3 Å². The van der Waals surface area contributed by atoms with Crippen molar-refractivity contribution >= 4 is 11.5 Å². The fourth-order valence-corrected chi connectivity index (χ4v) is 2.51. The number of hydrogen-bond acceptors (Lipinski definition) is 4. The number of nitrogen functional groups attached to an aromatic ring is 1. The largest absolute Gasteiger partial charge is 0.383 e. The van der Waals surface area contributed by atoms with Gasteiger partial charge in [-0.05, 0) is 18.3 Å². The van der Waals surface area contributed by atoms with Gasteiger partial charge in [-0.25, -0.2) is 4.79 Å². The van der Waals surface area contributed by atoms with Crippen molar-refractivity contribution in [3.63, 3.8) is 0 Å². The second-order valence-electron chi connectivity index (χ2n) is 5.45. The van der Waals surface area contributed by atoms with Crippen molar-refractivity contribution in [2.24, 2.45) is 12.5 Å². The first-order chi connectivity index (χ1) is 8.43. The third-order valence-electron chi connectivity index (χ3n) is 3.87. The first-order valence-electron chi connectivity index (χ1n) is 6.26. The van der Waals surface area contributed by atoms with E-state index in [0.717, 1.165) is 12.8 Å². The van der Waals surface area contributed by atoms with Gasteiger partial charge in [-0.1, -0.05) is 19.8 Å². The van der Waals surface area contributed by atoms with E-state index in [1.807, 2.05) is 0 Å². The highest BCUT2D eigenvalue weighted by atomic mass is 16.2. The Morgan fingerprint density at radius 2 is 2.00 bits per heavy atom. The van der Waals surface area contributed by atoms with Gasteiger partial charge < -0.3 is 11.1 Å². The average Bonchev–Trinajstić information content (AvgIpc) is 2.73. The number of hydrogen-bond donors (Lipinski definition) is 3. The highest BCUT2D eigenvalue weighted by Crippen LogP contribution is 2.37. The highest BCUT2D eigenvalue weighted by Gasteiger charge is 2.28. The van der Waals surface area contributed by atoms with Crippen molar-refractivity contribution in [1.29, 1.82) is 0 Å². The lowest BCUT2D eigenvalue weighted by Gasteiger charge is -2.24. The summed E-state index contributed by atoms with van der Waals surface area (Å²) in [5.41, 5.74) is 5.37. The van der Waals surface area contributed by atoms with Crippen molar-refractivity contribution in [3.05, 3.63) is 20.8 Å². The molecular formula is C12H20N4O2. The van der Waals surface area contributed by atoms with Crippen LogP contribution in [0.1, 0.15) is 32.6 Å². The van der Waals surface area contributed by atoms with Gasteiger partial charge in [0.05, 0.1) is 0 Å². The van der Waals surface area contributed by atoms with Crippen LogP contribution >= 0.6 is 0 Å². The van der Waals surface area contributed by atoms with E-state index >= 15 is 0 Å². The van der Waals surface area contributed by atoms with Crippen LogP contribution in [0.4, 0.5) is 11.5 Å². The first kappa shape index (κ1) is 12.7. The minimum atomic E-state index is -0.491. The maximum absolute atomic E-state index is 11.7. The van der Waals surface area contributed by atoms with Gasteiger partial charge in [0.2, 0.25) is 0 Å². The first-order valence-corrected chi connectivity index (χ1v) is 6.26. The lowest BCUT2D eigenvalue weighted by Crippen LogP contribution is -2.34. The Labute approximate surface area is 105 Å². The standard InChI is InChI=1S/C12H20N4O2/c1-12(5-3-4-6-12)7-14-8-9(13)16(2)11(18)15-10(8)17/h14H,3-7,13H2,1-2H3,(H,15,17,18). The zero-order valence-corrected chi connectivity index (χ0v) is 10.9. The molecule has 0 amide bonds. The molecule has 100 valence electrons. The van der Waals surface area contributed by atoms with Gasteiger partial charge >= 0.3 is 5.69 Å². The molecule has 0 atom stereocenters. The van der Waals surface area contributed by atoms with E-state index in [1.54, 1.807) is 0 Å². The maximum Gasteiger partial charge on any atom is 0.329 e. The van der Waals surface area contributed by atoms with E-state index < -0.39 is 11.2 Å². The molecule has 1 aliphatic carbocycles. The molecule has 4 N–H and O–H groups in total. The van der Waals surface area contributed by atoms with Gasteiger partial charge in [-0.2, -0.15) is 0 Å². The second kappa shape index (κ2) is 4.51. The van der Waals surface area contributed by atoms with Crippen LogP contribution < -0.4 is 22.3 Å². The van der Waals surface area contributed by atoms with Crippen LogP contribution in [0.25, 0.3) is 0 Å². The Balaban J connectivity index is 2.22. The summed E-state index contributed by atoms with van der Waals surface area (Å²) in [7, 11) is 1.54. The Bertz CT molecular complexity index is 552. The van der Waals surface area contributed by atoms with Gasteiger partial charge in [0.15, 0.2) is 0 Å². The van der Waals surface area contributed by atoms with Crippen LogP contribution in [0, 0.1) is 5.41 Å². The quantitative estimate of drug-likeness (QED) is 0.736. The van der Waals surface area contributed by atoms with Crippen LogP contribution in [0.15, 0.2) is 9.59 Å². The molecule has 0 unspecified atom stereocenters. The number of aromatic nitrogens is 2. The Morgan fingerprint density at radius 3 is 2.61 bits per heavy atom. The molecule has 2 rings (SSSR count). The SMILES string of the molecule is Cn1c(N)c(NCC2(C)CCCC2)c(=O)[nH]c1=O. The fraction of sp³-hybridized carbons (Fsp3) is 0.667. The van der Waals surface area contributed by atoms with E-state index in [1.165, 1.54) is 24.5 Å². The van der Waals surface area contributed by atoms with Crippen LogP contribution in [0.2, 0.25) is 0 Å². The lowest BCUT2D eigenvalue weighted by atomic mass is 9.89. The minimum Gasteiger partial charge on any atom is -0.383 e. The summed E-state index contributed by atoms with van der Waals surface area (Å²) in [6.07, 6.45) is 4.78. The molecule has 0 aromatic carbocycles. The summed E-state index contributed by atoms with van der Waals surface area (Å²) >= 11 is 0. The zero-order chi connectivity index (χ0) is 13.3. The smallest absolute Gasteiger partial charge is 0.329 e. The van der Waals surface area contributed by atoms with Gasteiger partial charge in [0.1, 0.15) is 11.5 Å².